The minimum atomic E-state index is -4.04. The SMILES string of the molecule is O=S(=O)(Cl)c1ccc(OCC2CCCC2)cc1F. The monoisotopic (exact) mass is 292 g/mol. The number of halogens is 2. The summed E-state index contributed by atoms with van der Waals surface area (Å²) in [5.41, 5.74) is 0. The first-order chi connectivity index (χ1) is 8.47. The van der Waals surface area contributed by atoms with Crippen LogP contribution in [0.25, 0.3) is 0 Å². The van der Waals surface area contributed by atoms with Gasteiger partial charge in [-0.25, -0.2) is 12.8 Å². The molecule has 3 nitrogen and oxygen atoms in total. The zero-order valence-corrected chi connectivity index (χ0v) is 11.3. The van der Waals surface area contributed by atoms with Crippen molar-refractivity contribution in [3.8, 4) is 5.75 Å². The predicted molar refractivity (Wildman–Crippen MR) is 66.9 cm³/mol. The summed E-state index contributed by atoms with van der Waals surface area (Å²) in [6, 6.07) is 3.61. The van der Waals surface area contributed by atoms with Crippen LogP contribution in [0.3, 0.4) is 0 Å². The van der Waals surface area contributed by atoms with Crippen LogP contribution < -0.4 is 4.74 Å². The molecule has 0 saturated heterocycles. The van der Waals surface area contributed by atoms with Crippen LogP contribution in [0.1, 0.15) is 25.7 Å². The van der Waals surface area contributed by atoms with E-state index in [0.29, 0.717) is 18.3 Å². The number of hydrogen-bond donors (Lipinski definition) is 0. The molecule has 0 atom stereocenters. The fourth-order valence-corrected chi connectivity index (χ4v) is 3.06. The molecular weight excluding hydrogens is 279 g/mol. The Kier molecular flexibility index (Phi) is 4.12. The van der Waals surface area contributed by atoms with Gasteiger partial charge in [0, 0.05) is 16.7 Å². The lowest BCUT2D eigenvalue weighted by Crippen LogP contribution is -2.08. The second kappa shape index (κ2) is 5.45. The van der Waals surface area contributed by atoms with Crippen molar-refractivity contribution in [3.63, 3.8) is 0 Å². The van der Waals surface area contributed by atoms with Crippen LogP contribution in [0.4, 0.5) is 4.39 Å². The summed E-state index contributed by atoms with van der Waals surface area (Å²) in [5, 5.41) is 0. The molecule has 18 heavy (non-hydrogen) atoms. The van der Waals surface area contributed by atoms with Crippen LogP contribution in [-0.2, 0) is 9.05 Å². The van der Waals surface area contributed by atoms with Crippen molar-refractivity contribution in [2.24, 2.45) is 5.92 Å². The minimum Gasteiger partial charge on any atom is -0.493 e. The molecule has 1 fully saturated rings. The molecule has 6 heteroatoms. The summed E-state index contributed by atoms with van der Waals surface area (Å²) >= 11 is 0. The Morgan fingerprint density at radius 2 is 2.00 bits per heavy atom. The first-order valence-electron chi connectivity index (χ1n) is 5.84. The van der Waals surface area contributed by atoms with Crippen LogP contribution >= 0.6 is 10.7 Å². The molecular formula is C12H14ClFO3S. The Balaban J connectivity index is 2.04. The zero-order valence-electron chi connectivity index (χ0n) is 9.73. The van der Waals surface area contributed by atoms with Crippen molar-refractivity contribution in [2.45, 2.75) is 30.6 Å². The fraction of sp³-hybridized carbons (Fsp3) is 0.500. The van der Waals surface area contributed by atoms with Crippen molar-refractivity contribution in [1.82, 2.24) is 0 Å². The molecule has 1 saturated carbocycles. The van der Waals surface area contributed by atoms with Crippen molar-refractivity contribution in [1.29, 1.82) is 0 Å². The van der Waals surface area contributed by atoms with Crippen molar-refractivity contribution in [3.05, 3.63) is 24.0 Å². The highest BCUT2D eigenvalue weighted by atomic mass is 35.7. The van der Waals surface area contributed by atoms with E-state index in [2.05, 4.69) is 0 Å². The largest absolute Gasteiger partial charge is 0.493 e. The highest BCUT2D eigenvalue weighted by Crippen LogP contribution is 2.27. The third kappa shape index (κ3) is 3.36. The van der Waals surface area contributed by atoms with Crippen LogP contribution in [0.2, 0.25) is 0 Å². The van der Waals surface area contributed by atoms with Crippen LogP contribution in [0.15, 0.2) is 23.1 Å². The molecule has 100 valence electrons. The first-order valence-corrected chi connectivity index (χ1v) is 8.15. The third-order valence-corrected chi connectivity index (χ3v) is 4.48. The normalized spacial score (nSPS) is 17.0. The fourth-order valence-electron chi connectivity index (χ4n) is 2.16. The summed E-state index contributed by atoms with van der Waals surface area (Å²) < 4.78 is 41.0. The molecule has 0 heterocycles. The van der Waals surface area contributed by atoms with Crippen molar-refractivity contribution >= 4 is 19.7 Å². The van der Waals surface area contributed by atoms with Gasteiger partial charge in [-0.3, -0.25) is 0 Å². The van der Waals surface area contributed by atoms with Gasteiger partial charge in [0.1, 0.15) is 16.5 Å². The van der Waals surface area contributed by atoms with Crippen LogP contribution in [-0.4, -0.2) is 15.0 Å². The number of benzene rings is 1. The quantitative estimate of drug-likeness (QED) is 0.800. The summed E-state index contributed by atoms with van der Waals surface area (Å²) in [6.07, 6.45) is 4.70. The van der Waals surface area contributed by atoms with E-state index in [1.165, 1.54) is 18.9 Å². The predicted octanol–water partition coefficient (Wildman–Crippen LogP) is 3.32. The van der Waals surface area contributed by atoms with Gasteiger partial charge in [-0.05, 0) is 30.9 Å². The van der Waals surface area contributed by atoms with Crippen LogP contribution in [0, 0.1) is 11.7 Å². The topological polar surface area (TPSA) is 43.4 Å². The highest BCUT2D eigenvalue weighted by molar-refractivity contribution is 8.13. The van der Waals surface area contributed by atoms with Gasteiger partial charge in [0.2, 0.25) is 0 Å². The molecule has 0 spiro atoms. The lowest BCUT2D eigenvalue weighted by atomic mass is 10.1. The summed E-state index contributed by atoms with van der Waals surface area (Å²) in [4.78, 5) is -0.516. The highest BCUT2D eigenvalue weighted by Gasteiger charge is 2.18. The maximum atomic E-state index is 13.5. The molecule has 0 aromatic heterocycles. The Bertz CT molecular complexity index is 524. The molecule has 0 unspecified atom stereocenters. The molecule has 1 aromatic carbocycles. The van der Waals surface area contributed by atoms with Crippen molar-refractivity contribution in [2.75, 3.05) is 6.61 Å². The summed E-state index contributed by atoms with van der Waals surface area (Å²) in [5.74, 6) is -0.0260. The molecule has 0 radical (unpaired) electrons. The van der Waals surface area contributed by atoms with E-state index in [4.69, 9.17) is 15.4 Å². The number of hydrogen-bond acceptors (Lipinski definition) is 3. The van der Waals surface area contributed by atoms with Crippen molar-refractivity contribution < 1.29 is 17.5 Å². The second-order valence-corrected chi connectivity index (χ2v) is 7.03. The molecule has 2 rings (SSSR count). The van der Waals surface area contributed by atoms with E-state index in [1.54, 1.807) is 0 Å². The molecule has 1 aliphatic rings. The number of ether oxygens (including phenoxy) is 1. The van der Waals surface area contributed by atoms with E-state index >= 15 is 0 Å². The van der Waals surface area contributed by atoms with Gasteiger partial charge in [-0.2, -0.15) is 0 Å². The second-order valence-electron chi connectivity index (χ2n) is 4.49. The Labute approximate surface area is 110 Å². The smallest absolute Gasteiger partial charge is 0.264 e. The Morgan fingerprint density at radius 3 is 2.56 bits per heavy atom. The van der Waals surface area contributed by atoms with E-state index in [1.807, 2.05) is 0 Å². The van der Waals surface area contributed by atoms with E-state index in [-0.39, 0.29) is 0 Å². The van der Waals surface area contributed by atoms with Gasteiger partial charge in [-0.15, -0.1) is 0 Å². The third-order valence-electron chi connectivity index (χ3n) is 3.13. The average molecular weight is 293 g/mol. The molecule has 0 bridgehead atoms. The summed E-state index contributed by atoms with van der Waals surface area (Å²) in [7, 11) is 1.05. The van der Waals surface area contributed by atoms with E-state index < -0.39 is 19.8 Å². The maximum Gasteiger partial charge on any atom is 0.264 e. The number of rotatable bonds is 4. The maximum absolute atomic E-state index is 13.5. The van der Waals surface area contributed by atoms with Crippen LogP contribution in [0.5, 0.6) is 5.75 Å². The Morgan fingerprint density at radius 1 is 1.33 bits per heavy atom. The average Bonchev–Trinajstić information content (AvgIpc) is 2.77. The lowest BCUT2D eigenvalue weighted by molar-refractivity contribution is 0.251. The lowest BCUT2D eigenvalue weighted by Gasteiger charge is -2.11. The molecule has 1 aliphatic carbocycles. The van der Waals surface area contributed by atoms with Gasteiger partial charge in [0.05, 0.1) is 6.61 Å². The standard InChI is InChI=1S/C12H14ClFO3S/c13-18(15,16)12-6-5-10(7-11(12)14)17-8-9-3-1-2-4-9/h5-7,9H,1-4,8H2. The molecule has 0 N–H and O–H groups in total. The minimum absolute atomic E-state index is 0.337. The van der Waals surface area contributed by atoms with Gasteiger partial charge in [0.25, 0.3) is 9.05 Å². The van der Waals surface area contributed by atoms with E-state index in [0.717, 1.165) is 25.0 Å². The first kappa shape index (κ1) is 13.6. The van der Waals surface area contributed by atoms with Gasteiger partial charge in [0.15, 0.2) is 0 Å². The van der Waals surface area contributed by atoms with E-state index in [9.17, 15) is 12.8 Å². The van der Waals surface area contributed by atoms with Gasteiger partial charge < -0.3 is 4.74 Å². The summed E-state index contributed by atoms with van der Waals surface area (Å²) in [6.45, 7) is 0.548. The van der Waals surface area contributed by atoms with Gasteiger partial charge >= 0.3 is 0 Å². The molecule has 0 amide bonds. The van der Waals surface area contributed by atoms with Gasteiger partial charge in [-0.1, -0.05) is 12.8 Å². The zero-order chi connectivity index (χ0) is 13.2. The molecule has 0 aliphatic heterocycles. The molecule has 1 aromatic rings. The Hall–Kier alpha value is -0.810.